The molecule has 3 saturated carbocycles. The Labute approximate surface area is 252 Å². The first-order valence-electron chi connectivity index (χ1n) is 16.0. The van der Waals surface area contributed by atoms with E-state index in [1.54, 1.807) is 25.7 Å². The Hall–Kier alpha value is -2.32. The van der Waals surface area contributed by atoms with Crippen molar-refractivity contribution in [1.29, 1.82) is 0 Å². The molecular formula is C33H55N3O6. The molecule has 1 saturated heterocycles. The van der Waals surface area contributed by atoms with E-state index in [9.17, 15) is 19.2 Å². The van der Waals surface area contributed by atoms with Gasteiger partial charge in [0.15, 0.2) is 0 Å². The van der Waals surface area contributed by atoms with Gasteiger partial charge in [-0.25, -0.2) is 9.59 Å². The Morgan fingerprint density at radius 1 is 0.881 bits per heavy atom. The maximum absolute atomic E-state index is 14.4. The highest BCUT2D eigenvalue weighted by atomic mass is 16.6. The Kier molecular flexibility index (Phi) is 8.78. The molecule has 0 aromatic carbocycles. The van der Waals surface area contributed by atoms with E-state index in [1.165, 1.54) is 26.4 Å². The van der Waals surface area contributed by atoms with Crippen molar-refractivity contribution in [3.05, 3.63) is 0 Å². The van der Waals surface area contributed by atoms with Gasteiger partial charge in [0.1, 0.15) is 23.7 Å². The molecule has 4 atom stereocenters. The monoisotopic (exact) mass is 589 g/mol. The lowest BCUT2D eigenvalue weighted by Crippen LogP contribution is -2.66. The summed E-state index contributed by atoms with van der Waals surface area (Å²) in [5.41, 5.74) is -1.20. The second-order valence-corrected chi connectivity index (χ2v) is 16.3. The van der Waals surface area contributed by atoms with E-state index in [1.807, 2.05) is 20.8 Å². The summed E-state index contributed by atoms with van der Waals surface area (Å²) in [5.74, 6) is -1.11. The van der Waals surface area contributed by atoms with E-state index in [2.05, 4.69) is 24.5 Å². The van der Waals surface area contributed by atoms with Crippen LogP contribution >= 0.6 is 0 Å². The van der Waals surface area contributed by atoms with E-state index in [0.29, 0.717) is 18.4 Å². The summed E-state index contributed by atoms with van der Waals surface area (Å²) >= 11 is 0. The van der Waals surface area contributed by atoms with Crippen LogP contribution in [0.5, 0.6) is 0 Å². The van der Waals surface area contributed by atoms with Gasteiger partial charge in [0.25, 0.3) is 0 Å². The van der Waals surface area contributed by atoms with Crippen LogP contribution in [0.25, 0.3) is 0 Å². The number of methoxy groups -OCH3 is 1. The number of nitrogens with one attached hydrogen (secondary N) is 2. The van der Waals surface area contributed by atoms with Crippen LogP contribution < -0.4 is 10.6 Å². The Morgan fingerprint density at radius 3 is 1.98 bits per heavy atom. The smallest absolute Gasteiger partial charge is 0.408 e. The Bertz CT molecular complexity index is 1060. The van der Waals surface area contributed by atoms with Crippen molar-refractivity contribution in [1.82, 2.24) is 15.5 Å². The SMILES string of the molecule is COC(=O)C1CC2(CN1C(=O)C(NC(=O)C(NC(=O)OC(C)(C)C)C1CCCCC1)C(C)(C)C)CC1(CCC1)C2(C)C. The fraction of sp³-hybridized carbons (Fsp3) is 0.879. The molecule has 2 spiro atoms. The third kappa shape index (κ3) is 5.90. The largest absolute Gasteiger partial charge is 0.467 e. The number of amides is 3. The number of esters is 1. The number of carbonyl (C=O) groups excluding carboxylic acids is 4. The molecule has 0 aromatic rings. The number of rotatable bonds is 6. The maximum Gasteiger partial charge on any atom is 0.408 e. The van der Waals surface area contributed by atoms with Gasteiger partial charge >= 0.3 is 12.1 Å². The molecule has 238 valence electrons. The predicted molar refractivity (Wildman–Crippen MR) is 160 cm³/mol. The standard InChI is InChI=1S/C33H55N3O6/c1-29(2,3)24(35-25(37)23(21-14-11-10-12-15-21)34-28(40)42-30(4,5)6)26(38)36-20-33(18-22(36)27(39)41-9)19-32(16-13-17-32)31(33,7)8/h21-24H,10-20H2,1-9H3,(H,34,40)(H,35,37). The molecule has 42 heavy (non-hydrogen) atoms. The molecule has 0 aromatic heterocycles. The summed E-state index contributed by atoms with van der Waals surface area (Å²) in [6.45, 7) is 16.2. The minimum absolute atomic E-state index is 0.00341. The van der Waals surface area contributed by atoms with Gasteiger partial charge < -0.3 is 25.0 Å². The van der Waals surface area contributed by atoms with Crippen LogP contribution in [0.15, 0.2) is 0 Å². The molecule has 4 rings (SSSR count). The summed E-state index contributed by atoms with van der Waals surface area (Å²) in [5, 5.41) is 5.88. The highest BCUT2D eigenvalue weighted by molar-refractivity contribution is 5.94. The maximum atomic E-state index is 14.4. The van der Waals surface area contributed by atoms with Crippen molar-refractivity contribution >= 4 is 23.9 Å². The van der Waals surface area contributed by atoms with Crippen LogP contribution in [0.4, 0.5) is 4.79 Å². The fourth-order valence-electron chi connectivity index (χ4n) is 8.44. The first-order valence-corrected chi connectivity index (χ1v) is 16.0. The third-order valence-corrected chi connectivity index (χ3v) is 11.3. The lowest BCUT2D eigenvalue weighted by molar-refractivity contribution is -0.231. The minimum Gasteiger partial charge on any atom is -0.467 e. The summed E-state index contributed by atoms with van der Waals surface area (Å²) in [6.07, 6.45) is 9.30. The number of nitrogens with zero attached hydrogens (tertiary/aromatic N) is 1. The van der Waals surface area contributed by atoms with Crippen molar-refractivity contribution < 1.29 is 28.7 Å². The molecule has 4 unspecified atom stereocenters. The van der Waals surface area contributed by atoms with Crippen molar-refractivity contribution in [2.24, 2.45) is 27.6 Å². The first kappa shape index (κ1) is 32.6. The van der Waals surface area contributed by atoms with Crippen LogP contribution in [-0.2, 0) is 23.9 Å². The van der Waals surface area contributed by atoms with E-state index in [4.69, 9.17) is 9.47 Å². The zero-order valence-corrected chi connectivity index (χ0v) is 27.5. The van der Waals surface area contributed by atoms with E-state index < -0.39 is 41.2 Å². The average Bonchev–Trinajstić information content (AvgIpc) is 3.28. The van der Waals surface area contributed by atoms with Crippen LogP contribution in [0.3, 0.4) is 0 Å². The fourth-order valence-corrected chi connectivity index (χ4v) is 8.44. The van der Waals surface area contributed by atoms with Crippen molar-refractivity contribution in [3.63, 3.8) is 0 Å². The lowest BCUT2D eigenvalue weighted by atomic mass is 9.32. The first-order chi connectivity index (χ1) is 19.4. The molecule has 0 radical (unpaired) electrons. The zero-order chi connectivity index (χ0) is 31.3. The van der Waals surface area contributed by atoms with Crippen molar-refractivity contribution in [2.45, 2.75) is 143 Å². The second kappa shape index (κ2) is 11.3. The zero-order valence-electron chi connectivity index (χ0n) is 27.5. The highest BCUT2D eigenvalue weighted by Gasteiger charge is 2.73. The topological polar surface area (TPSA) is 114 Å². The number of alkyl carbamates (subject to hydrolysis) is 1. The molecule has 1 aliphatic heterocycles. The molecule has 3 aliphatic carbocycles. The molecular weight excluding hydrogens is 534 g/mol. The van der Waals surface area contributed by atoms with Crippen molar-refractivity contribution in [3.8, 4) is 0 Å². The molecule has 4 fully saturated rings. The predicted octanol–water partition coefficient (Wildman–Crippen LogP) is 5.35. The van der Waals surface area contributed by atoms with Crippen LogP contribution in [0, 0.1) is 27.6 Å². The summed E-state index contributed by atoms with van der Waals surface area (Å²) < 4.78 is 10.7. The van der Waals surface area contributed by atoms with Crippen LogP contribution in [-0.4, -0.2) is 66.2 Å². The lowest BCUT2D eigenvalue weighted by Gasteiger charge is -2.72. The van der Waals surface area contributed by atoms with Gasteiger partial charge in [0.2, 0.25) is 11.8 Å². The molecule has 1 heterocycles. The van der Waals surface area contributed by atoms with E-state index in [0.717, 1.165) is 38.5 Å². The van der Waals surface area contributed by atoms with Gasteiger partial charge in [-0.3, -0.25) is 9.59 Å². The summed E-state index contributed by atoms with van der Waals surface area (Å²) in [7, 11) is 1.37. The minimum atomic E-state index is -0.889. The Balaban J connectivity index is 1.58. The van der Waals surface area contributed by atoms with Gasteiger partial charge in [-0.05, 0) is 86.9 Å². The molecule has 2 N–H and O–H groups in total. The third-order valence-electron chi connectivity index (χ3n) is 11.3. The highest BCUT2D eigenvalue weighted by Crippen LogP contribution is 2.77. The average molecular weight is 590 g/mol. The normalized spacial score (nSPS) is 28.3. The molecule has 9 nitrogen and oxygen atoms in total. The summed E-state index contributed by atoms with van der Waals surface area (Å²) in [4.78, 5) is 56.0. The van der Waals surface area contributed by atoms with Crippen molar-refractivity contribution in [2.75, 3.05) is 13.7 Å². The molecule has 0 bridgehead atoms. The van der Waals surface area contributed by atoms with Gasteiger partial charge in [-0.1, -0.05) is 60.3 Å². The number of carbonyl (C=O) groups is 4. The van der Waals surface area contributed by atoms with Gasteiger partial charge in [0.05, 0.1) is 7.11 Å². The molecule has 9 heteroatoms. The van der Waals surface area contributed by atoms with Crippen LogP contribution in [0.1, 0.15) is 120 Å². The van der Waals surface area contributed by atoms with Gasteiger partial charge in [-0.2, -0.15) is 0 Å². The number of ether oxygens (including phenoxy) is 2. The van der Waals surface area contributed by atoms with Crippen LogP contribution in [0.2, 0.25) is 0 Å². The number of hydrogen-bond acceptors (Lipinski definition) is 6. The van der Waals surface area contributed by atoms with E-state index in [-0.39, 0.29) is 28.6 Å². The quantitative estimate of drug-likeness (QED) is 0.404. The molecule has 3 amide bonds. The number of hydrogen-bond donors (Lipinski definition) is 2. The molecule has 4 aliphatic rings. The summed E-state index contributed by atoms with van der Waals surface area (Å²) in [6, 6.07) is -2.39. The second-order valence-electron chi connectivity index (χ2n) is 16.3. The van der Waals surface area contributed by atoms with Gasteiger partial charge in [0, 0.05) is 6.54 Å². The van der Waals surface area contributed by atoms with Gasteiger partial charge in [-0.15, -0.1) is 0 Å². The van der Waals surface area contributed by atoms with E-state index >= 15 is 0 Å². The number of likely N-dealkylation sites (tertiary alicyclic amines) is 1. The Morgan fingerprint density at radius 2 is 1.50 bits per heavy atom.